The second-order valence-electron chi connectivity index (χ2n) is 6.96. The second kappa shape index (κ2) is 9.42. The van der Waals surface area contributed by atoms with Crippen molar-refractivity contribution in [1.82, 2.24) is 14.5 Å². The van der Waals surface area contributed by atoms with Gasteiger partial charge < -0.3 is 10.2 Å². The van der Waals surface area contributed by atoms with E-state index in [1.165, 1.54) is 43.4 Å². The molecule has 0 atom stereocenters. The molecule has 1 aromatic carbocycles. The Hall–Kier alpha value is -2.01. The minimum absolute atomic E-state index is 0.0880. The summed E-state index contributed by atoms with van der Waals surface area (Å²) in [7, 11) is -2.42. The number of piperidine rings is 1. The van der Waals surface area contributed by atoms with E-state index in [9.17, 15) is 22.4 Å². The molecule has 1 aliphatic rings. The highest BCUT2D eigenvalue weighted by Gasteiger charge is 2.29. The maximum absolute atomic E-state index is 13.0. The molecule has 2 amide bonds. The van der Waals surface area contributed by atoms with Crippen LogP contribution in [0.25, 0.3) is 0 Å². The molecule has 0 aliphatic carbocycles. The first-order valence-corrected chi connectivity index (χ1v) is 11.9. The average Bonchev–Trinajstić information content (AvgIpc) is 3.16. The fourth-order valence-electron chi connectivity index (χ4n) is 3.11. The molecule has 162 valence electrons. The number of carbonyl (C=O) groups excluding carboxylic acids is 2. The van der Waals surface area contributed by atoms with Crippen molar-refractivity contribution in [2.45, 2.75) is 23.1 Å². The van der Waals surface area contributed by atoms with Crippen LogP contribution >= 0.6 is 22.9 Å². The van der Waals surface area contributed by atoms with Crippen molar-refractivity contribution in [2.24, 2.45) is 0 Å². The van der Waals surface area contributed by atoms with Crippen LogP contribution in [0.15, 0.2) is 40.6 Å². The normalized spacial score (nSPS) is 15.4. The number of benzene rings is 1. The summed E-state index contributed by atoms with van der Waals surface area (Å²) < 4.78 is 39.5. The van der Waals surface area contributed by atoms with Crippen molar-refractivity contribution < 1.29 is 22.4 Å². The van der Waals surface area contributed by atoms with Crippen molar-refractivity contribution in [2.75, 3.05) is 26.7 Å². The molecule has 1 saturated heterocycles. The maximum Gasteiger partial charge on any atom is 0.252 e. The highest BCUT2D eigenvalue weighted by atomic mass is 35.5. The van der Waals surface area contributed by atoms with Gasteiger partial charge in [-0.1, -0.05) is 11.6 Å². The van der Waals surface area contributed by atoms with E-state index < -0.39 is 15.8 Å². The molecule has 30 heavy (non-hydrogen) atoms. The minimum atomic E-state index is -3.78. The summed E-state index contributed by atoms with van der Waals surface area (Å²) in [6.45, 7) is 0.544. The van der Waals surface area contributed by atoms with Crippen molar-refractivity contribution >= 4 is 44.8 Å². The van der Waals surface area contributed by atoms with E-state index in [0.29, 0.717) is 35.8 Å². The third-order valence-electron chi connectivity index (χ3n) is 4.86. The Morgan fingerprint density at radius 1 is 1.20 bits per heavy atom. The predicted octanol–water partition coefficient (Wildman–Crippen LogP) is 2.58. The fourth-order valence-corrected chi connectivity index (χ4v) is 5.92. The van der Waals surface area contributed by atoms with Crippen molar-refractivity contribution in [3.63, 3.8) is 0 Å². The second-order valence-corrected chi connectivity index (χ2v) is 10.9. The molecule has 0 spiro atoms. The summed E-state index contributed by atoms with van der Waals surface area (Å²) in [5.74, 6) is -1.00. The van der Waals surface area contributed by atoms with Gasteiger partial charge in [0.15, 0.2) is 0 Å². The first-order chi connectivity index (χ1) is 14.2. The van der Waals surface area contributed by atoms with Gasteiger partial charge in [0.1, 0.15) is 10.0 Å². The molecule has 1 aromatic heterocycles. The van der Waals surface area contributed by atoms with Crippen LogP contribution in [0, 0.1) is 5.82 Å². The van der Waals surface area contributed by atoms with Crippen LogP contribution < -0.4 is 5.32 Å². The Bertz CT molecular complexity index is 1020. The number of likely N-dealkylation sites (N-methyl/N-ethyl adjacent to an activating group) is 1. The van der Waals surface area contributed by atoms with Crippen molar-refractivity contribution in [3.8, 4) is 0 Å². The summed E-state index contributed by atoms with van der Waals surface area (Å²) in [5, 5.41) is 2.89. The largest absolute Gasteiger partial charge is 0.349 e. The predicted molar refractivity (Wildman–Crippen MR) is 113 cm³/mol. The fraction of sp³-hybridized carbons (Fsp3) is 0.368. The van der Waals surface area contributed by atoms with E-state index in [2.05, 4.69) is 5.32 Å². The van der Waals surface area contributed by atoms with Gasteiger partial charge in [-0.05, 0) is 49.2 Å². The first kappa shape index (κ1) is 22.7. The monoisotopic (exact) mass is 473 g/mol. The lowest BCUT2D eigenvalue weighted by atomic mass is 10.0. The number of hydrogen-bond acceptors (Lipinski definition) is 5. The van der Waals surface area contributed by atoms with Gasteiger partial charge in [0.2, 0.25) is 5.91 Å². The van der Waals surface area contributed by atoms with Gasteiger partial charge in [0.05, 0.1) is 10.9 Å². The first-order valence-electron chi connectivity index (χ1n) is 9.22. The number of thiophene rings is 1. The summed E-state index contributed by atoms with van der Waals surface area (Å²) in [5.41, 5.74) is 0.371. The number of nitrogens with zero attached hydrogens (tertiary/aromatic N) is 2. The Labute approximate surface area is 183 Å². The molecular formula is C19H21ClFN3O4S2. The number of hydrogen-bond donors (Lipinski definition) is 1. The van der Waals surface area contributed by atoms with E-state index >= 15 is 0 Å². The lowest BCUT2D eigenvalue weighted by Crippen LogP contribution is -2.49. The van der Waals surface area contributed by atoms with Gasteiger partial charge in [-0.2, -0.15) is 4.31 Å². The molecule has 0 bridgehead atoms. The highest BCUT2D eigenvalue weighted by Crippen LogP contribution is 2.27. The molecule has 1 fully saturated rings. The van der Waals surface area contributed by atoms with Crippen molar-refractivity contribution in [1.29, 1.82) is 0 Å². The number of sulfonamides is 1. The van der Waals surface area contributed by atoms with Crippen LogP contribution in [0.1, 0.15) is 23.2 Å². The Kier molecular flexibility index (Phi) is 7.12. The molecule has 2 heterocycles. The van der Waals surface area contributed by atoms with Crippen LogP contribution in [0.5, 0.6) is 0 Å². The molecule has 0 unspecified atom stereocenters. The van der Waals surface area contributed by atoms with Crippen LogP contribution in [0.2, 0.25) is 4.34 Å². The zero-order valence-electron chi connectivity index (χ0n) is 16.2. The van der Waals surface area contributed by atoms with E-state index in [-0.39, 0.29) is 28.6 Å². The number of nitrogens with one attached hydrogen (secondary N) is 1. The molecular weight excluding hydrogens is 453 g/mol. The molecule has 2 aromatic rings. The van der Waals surface area contributed by atoms with E-state index in [1.807, 2.05) is 0 Å². The zero-order valence-corrected chi connectivity index (χ0v) is 18.6. The Morgan fingerprint density at radius 3 is 2.40 bits per heavy atom. The third kappa shape index (κ3) is 5.37. The summed E-state index contributed by atoms with van der Waals surface area (Å²) in [4.78, 5) is 26.4. The summed E-state index contributed by atoms with van der Waals surface area (Å²) in [6.07, 6.45) is 1.10. The molecule has 11 heteroatoms. The summed E-state index contributed by atoms with van der Waals surface area (Å²) >= 11 is 6.75. The van der Waals surface area contributed by atoms with Gasteiger partial charge >= 0.3 is 0 Å². The molecule has 3 rings (SSSR count). The number of likely N-dealkylation sites (tertiary alicyclic amines) is 1. The van der Waals surface area contributed by atoms with Gasteiger partial charge in [0.25, 0.3) is 15.9 Å². The van der Waals surface area contributed by atoms with E-state index in [4.69, 9.17) is 11.6 Å². The number of carbonyl (C=O) groups is 2. The van der Waals surface area contributed by atoms with E-state index in [1.54, 1.807) is 4.90 Å². The topological polar surface area (TPSA) is 86.8 Å². The number of rotatable bonds is 6. The Balaban J connectivity index is 1.50. The van der Waals surface area contributed by atoms with Crippen LogP contribution in [0.4, 0.5) is 4.39 Å². The smallest absolute Gasteiger partial charge is 0.252 e. The van der Waals surface area contributed by atoms with Crippen LogP contribution in [0.3, 0.4) is 0 Å². The molecule has 7 nitrogen and oxygen atoms in total. The van der Waals surface area contributed by atoms with Gasteiger partial charge in [-0.15, -0.1) is 11.3 Å². The van der Waals surface area contributed by atoms with Gasteiger partial charge in [-0.25, -0.2) is 12.8 Å². The van der Waals surface area contributed by atoms with Crippen LogP contribution in [-0.4, -0.2) is 62.2 Å². The number of halogens is 2. The van der Waals surface area contributed by atoms with E-state index in [0.717, 1.165) is 15.6 Å². The maximum atomic E-state index is 13.0. The minimum Gasteiger partial charge on any atom is -0.349 e. The number of amides is 2. The summed E-state index contributed by atoms with van der Waals surface area (Å²) in [6, 6.07) is 8.09. The molecule has 1 N–H and O–H groups in total. The SMILES string of the molecule is CN(CC(=O)N1CCC(NC(=O)c2ccc(F)cc2)CC1)S(=O)(=O)c1ccc(Cl)s1. The molecule has 1 aliphatic heterocycles. The van der Waals surface area contributed by atoms with Gasteiger partial charge in [0, 0.05) is 31.7 Å². The van der Waals surface area contributed by atoms with Crippen molar-refractivity contribution in [3.05, 3.63) is 52.1 Å². The van der Waals surface area contributed by atoms with Crippen LogP contribution in [-0.2, 0) is 14.8 Å². The lowest BCUT2D eigenvalue weighted by molar-refractivity contribution is -0.132. The standard InChI is InChI=1S/C19H21ClFN3O4S2/c1-23(30(27,28)18-7-6-16(20)29-18)12-17(25)24-10-8-15(9-11-24)22-19(26)13-2-4-14(21)5-3-13/h2-7,15H,8-12H2,1H3,(H,22,26). The average molecular weight is 474 g/mol. The highest BCUT2D eigenvalue weighted by molar-refractivity contribution is 7.91. The van der Waals surface area contributed by atoms with Gasteiger partial charge in [-0.3, -0.25) is 9.59 Å². The Morgan fingerprint density at radius 2 is 1.83 bits per heavy atom. The quantitative estimate of drug-likeness (QED) is 0.698. The zero-order chi connectivity index (χ0) is 21.9. The molecule has 0 saturated carbocycles. The lowest BCUT2D eigenvalue weighted by Gasteiger charge is -2.33. The third-order valence-corrected chi connectivity index (χ3v) is 8.36. The molecule has 0 radical (unpaired) electrons.